The SMILES string of the molecule is Oc1cnc(-c2c(Cl)c(Cl)c(Cl)c(Cl)c2Cl)c(F)c1. The van der Waals surface area contributed by atoms with Crippen LogP contribution < -0.4 is 0 Å². The molecule has 2 rings (SSSR count). The van der Waals surface area contributed by atoms with Crippen LogP contribution in [0.25, 0.3) is 11.3 Å². The zero-order valence-corrected chi connectivity index (χ0v) is 12.6. The number of pyridine rings is 1. The first kappa shape index (κ1) is 14.9. The molecule has 0 amide bonds. The van der Waals surface area contributed by atoms with Crippen molar-refractivity contribution >= 4 is 58.0 Å². The van der Waals surface area contributed by atoms with Crippen molar-refractivity contribution in [2.45, 2.75) is 0 Å². The summed E-state index contributed by atoms with van der Waals surface area (Å²) < 4.78 is 13.8. The number of aromatic nitrogens is 1. The predicted molar refractivity (Wildman–Crippen MR) is 76.3 cm³/mol. The standard InChI is InChI=1S/C11H3Cl5FNO/c12-6-5(7(13)9(15)10(16)8(6)14)11-4(17)1-3(19)2-18-11/h1-2,19H. The molecule has 100 valence electrons. The van der Waals surface area contributed by atoms with Crippen molar-refractivity contribution in [3.05, 3.63) is 43.2 Å². The van der Waals surface area contributed by atoms with Crippen LogP contribution in [0.15, 0.2) is 12.3 Å². The maximum atomic E-state index is 13.8. The van der Waals surface area contributed by atoms with Crippen LogP contribution in [0.2, 0.25) is 25.1 Å². The van der Waals surface area contributed by atoms with E-state index in [0.29, 0.717) is 0 Å². The molecular formula is C11H3Cl5FNO. The van der Waals surface area contributed by atoms with E-state index in [0.717, 1.165) is 12.3 Å². The summed E-state index contributed by atoms with van der Waals surface area (Å²) in [5.74, 6) is -1.15. The fourth-order valence-corrected chi connectivity index (χ4v) is 2.74. The van der Waals surface area contributed by atoms with E-state index in [1.807, 2.05) is 0 Å². The summed E-state index contributed by atoms with van der Waals surface area (Å²) in [6.45, 7) is 0. The van der Waals surface area contributed by atoms with Crippen LogP contribution in [0, 0.1) is 5.82 Å². The number of halogens is 6. The van der Waals surface area contributed by atoms with E-state index < -0.39 is 5.82 Å². The van der Waals surface area contributed by atoms with Crippen molar-refractivity contribution in [2.75, 3.05) is 0 Å². The minimum absolute atomic E-state index is 0.0141. The number of nitrogens with zero attached hydrogens (tertiary/aromatic N) is 1. The highest BCUT2D eigenvalue weighted by Crippen LogP contribution is 2.48. The normalized spacial score (nSPS) is 10.8. The molecule has 1 heterocycles. The first-order valence-electron chi connectivity index (χ1n) is 4.71. The highest BCUT2D eigenvalue weighted by molar-refractivity contribution is 6.56. The lowest BCUT2D eigenvalue weighted by Crippen LogP contribution is -1.93. The average Bonchev–Trinajstić information content (AvgIpc) is 2.37. The molecule has 0 aliphatic heterocycles. The van der Waals surface area contributed by atoms with E-state index in [1.165, 1.54) is 0 Å². The summed E-state index contributed by atoms with van der Waals surface area (Å²) in [5, 5.41) is 8.86. The number of rotatable bonds is 1. The van der Waals surface area contributed by atoms with E-state index in [2.05, 4.69) is 4.98 Å². The van der Waals surface area contributed by atoms with Crippen molar-refractivity contribution in [2.24, 2.45) is 0 Å². The number of aromatic hydroxyl groups is 1. The van der Waals surface area contributed by atoms with Crippen LogP contribution in [-0.4, -0.2) is 10.1 Å². The molecular weight excluding hydrogens is 358 g/mol. The molecule has 1 aromatic carbocycles. The molecule has 0 fully saturated rings. The quantitative estimate of drug-likeness (QED) is 0.510. The first-order valence-corrected chi connectivity index (χ1v) is 6.60. The number of hydrogen-bond acceptors (Lipinski definition) is 2. The van der Waals surface area contributed by atoms with Crippen LogP contribution in [0.1, 0.15) is 0 Å². The van der Waals surface area contributed by atoms with Gasteiger partial charge >= 0.3 is 0 Å². The van der Waals surface area contributed by atoms with Gasteiger partial charge in [-0.3, -0.25) is 0 Å². The molecule has 0 unspecified atom stereocenters. The van der Waals surface area contributed by atoms with E-state index in [4.69, 9.17) is 63.1 Å². The van der Waals surface area contributed by atoms with Crippen molar-refractivity contribution in [3.8, 4) is 17.0 Å². The van der Waals surface area contributed by atoms with Crippen molar-refractivity contribution in [3.63, 3.8) is 0 Å². The summed E-state index contributed by atoms with van der Waals surface area (Å²) in [5.41, 5.74) is -0.173. The van der Waals surface area contributed by atoms with Gasteiger partial charge in [-0.2, -0.15) is 0 Å². The highest BCUT2D eigenvalue weighted by Gasteiger charge is 2.23. The molecule has 0 radical (unpaired) electrons. The minimum atomic E-state index is -0.821. The monoisotopic (exact) mass is 359 g/mol. The lowest BCUT2D eigenvalue weighted by molar-refractivity contribution is 0.466. The molecule has 1 aromatic heterocycles. The van der Waals surface area contributed by atoms with Crippen LogP contribution in [-0.2, 0) is 0 Å². The van der Waals surface area contributed by atoms with Gasteiger partial charge < -0.3 is 5.11 Å². The van der Waals surface area contributed by atoms with Crippen LogP contribution in [0.4, 0.5) is 4.39 Å². The van der Waals surface area contributed by atoms with Gasteiger partial charge in [-0.15, -0.1) is 0 Å². The van der Waals surface area contributed by atoms with Crippen LogP contribution >= 0.6 is 58.0 Å². The average molecular weight is 361 g/mol. The maximum absolute atomic E-state index is 13.8. The summed E-state index contributed by atoms with van der Waals surface area (Å²) in [7, 11) is 0. The second kappa shape index (κ2) is 5.51. The Kier molecular flexibility index (Phi) is 4.33. The second-order valence-electron chi connectivity index (χ2n) is 3.47. The van der Waals surface area contributed by atoms with Crippen molar-refractivity contribution < 1.29 is 9.50 Å². The highest BCUT2D eigenvalue weighted by atomic mass is 35.5. The predicted octanol–water partition coefficient (Wildman–Crippen LogP) is 5.86. The molecule has 8 heteroatoms. The Bertz CT molecular complexity index is 648. The lowest BCUT2D eigenvalue weighted by Gasteiger charge is -2.12. The van der Waals surface area contributed by atoms with Gasteiger partial charge in [0.2, 0.25) is 0 Å². The molecule has 0 bridgehead atoms. The zero-order valence-electron chi connectivity index (χ0n) is 8.82. The van der Waals surface area contributed by atoms with E-state index >= 15 is 0 Å². The largest absolute Gasteiger partial charge is 0.506 e. The van der Waals surface area contributed by atoms with Gasteiger partial charge in [0.25, 0.3) is 0 Å². The Morgan fingerprint density at radius 2 is 1.37 bits per heavy atom. The maximum Gasteiger partial charge on any atom is 0.153 e. The van der Waals surface area contributed by atoms with Crippen molar-refractivity contribution in [1.82, 2.24) is 4.98 Å². The Hall–Kier alpha value is -0.450. The Morgan fingerprint density at radius 1 is 0.895 bits per heavy atom. The van der Waals surface area contributed by atoms with Crippen molar-refractivity contribution in [1.29, 1.82) is 0 Å². The molecule has 1 N–H and O–H groups in total. The molecule has 0 spiro atoms. The fraction of sp³-hybridized carbons (Fsp3) is 0. The summed E-state index contributed by atoms with van der Waals surface area (Å²) in [4.78, 5) is 3.73. The number of benzene rings is 1. The Labute approximate surface area is 132 Å². The van der Waals surface area contributed by atoms with Crippen LogP contribution in [0.3, 0.4) is 0 Å². The van der Waals surface area contributed by atoms with Gasteiger partial charge in [0.1, 0.15) is 11.4 Å². The van der Waals surface area contributed by atoms with Crippen LogP contribution in [0.5, 0.6) is 5.75 Å². The molecule has 0 saturated carbocycles. The van der Waals surface area contributed by atoms with Gasteiger partial charge in [0.05, 0.1) is 31.3 Å². The van der Waals surface area contributed by atoms with E-state index in [9.17, 15) is 4.39 Å². The molecule has 2 aromatic rings. The molecule has 19 heavy (non-hydrogen) atoms. The molecule has 2 nitrogen and oxygen atoms in total. The molecule has 0 atom stereocenters. The third kappa shape index (κ3) is 2.58. The fourth-order valence-electron chi connectivity index (χ4n) is 1.42. The minimum Gasteiger partial charge on any atom is -0.506 e. The summed E-state index contributed by atoms with van der Waals surface area (Å²) in [6, 6.07) is 0.866. The topological polar surface area (TPSA) is 33.1 Å². The molecule has 0 aliphatic carbocycles. The first-order chi connectivity index (χ1) is 8.84. The van der Waals surface area contributed by atoms with Gasteiger partial charge in [0, 0.05) is 11.6 Å². The molecule has 0 saturated heterocycles. The van der Waals surface area contributed by atoms with Gasteiger partial charge in [-0.05, 0) is 0 Å². The second-order valence-corrected chi connectivity index (χ2v) is 5.36. The smallest absolute Gasteiger partial charge is 0.153 e. The summed E-state index contributed by atoms with van der Waals surface area (Å²) in [6.07, 6.45) is 1.04. The Morgan fingerprint density at radius 3 is 1.84 bits per heavy atom. The van der Waals surface area contributed by atoms with Gasteiger partial charge in [0.15, 0.2) is 5.82 Å². The third-order valence-electron chi connectivity index (χ3n) is 2.27. The lowest BCUT2D eigenvalue weighted by atomic mass is 10.1. The third-order valence-corrected chi connectivity index (χ3v) is 4.55. The van der Waals surface area contributed by atoms with Gasteiger partial charge in [-0.1, -0.05) is 58.0 Å². The molecule has 0 aliphatic rings. The van der Waals surface area contributed by atoms with E-state index in [-0.39, 0.29) is 42.1 Å². The van der Waals surface area contributed by atoms with Gasteiger partial charge in [-0.25, -0.2) is 9.37 Å². The zero-order chi connectivity index (χ0) is 14.3. The Balaban J connectivity index is 2.83. The van der Waals surface area contributed by atoms with E-state index in [1.54, 1.807) is 0 Å². The number of hydrogen-bond donors (Lipinski definition) is 1. The summed E-state index contributed by atoms with van der Waals surface area (Å²) >= 11 is 29.6.